The molecule has 60 valence electrons. The standard InChI is InChI=1S/C9H6FNO/c10-9-8(12-9)7-3-1-6(5-11)2-4-7/h1-4,8-9H. The van der Waals surface area contributed by atoms with E-state index in [0.717, 1.165) is 5.56 Å². The molecule has 2 unspecified atom stereocenters. The number of rotatable bonds is 1. The van der Waals surface area contributed by atoms with E-state index in [0.29, 0.717) is 5.56 Å². The summed E-state index contributed by atoms with van der Waals surface area (Å²) in [4.78, 5) is 0. The number of nitriles is 1. The van der Waals surface area contributed by atoms with E-state index in [4.69, 9.17) is 5.26 Å². The summed E-state index contributed by atoms with van der Waals surface area (Å²) in [5.41, 5.74) is 1.37. The molecule has 0 bridgehead atoms. The predicted octanol–water partition coefficient (Wildman–Crippen LogP) is 1.93. The van der Waals surface area contributed by atoms with Crippen molar-refractivity contribution >= 4 is 0 Å². The third-order valence-corrected chi connectivity index (χ3v) is 1.81. The van der Waals surface area contributed by atoms with Gasteiger partial charge in [-0.2, -0.15) is 5.26 Å². The minimum atomic E-state index is -1.15. The van der Waals surface area contributed by atoms with Crippen LogP contribution >= 0.6 is 0 Å². The van der Waals surface area contributed by atoms with Gasteiger partial charge in [-0.25, -0.2) is 4.39 Å². The fourth-order valence-electron chi connectivity index (χ4n) is 1.07. The zero-order valence-electron chi connectivity index (χ0n) is 6.20. The molecule has 0 N–H and O–H groups in total. The molecule has 0 saturated carbocycles. The molecule has 1 aromatic rings. The van der Waals surface area contributed by atoms with E-state index < -0.39 is 12.5 Å². The molecule has 2 atom stereocenters. The minimum Gasteiger partial charge on any atom is -0.332 e. The lowest BCUT2D eigenvalue weighted by atomic mass is 10.1. The Bertz CT molecular complexity index is 327. The van der Waals surface area contributed by atoms with Crippen molar-refractivity contribution in [3.05, 3.63) is 35.4 Å². The summed E-state index contributed by atoms with van der Waals surface area (Å²) in [7, 11) is 0. The number of halogens is 1. The maximum Gasteiger partial charge on any atom is 0.230 e. The summed E-state index contributed by atoms with van der Waals surface area (Å²) in [6, 6.07) is 8.73. The highest BCUT2D eigenvalue weighted by atomic mass is 19.2. The molecule has 0 spiro atoms. The van der Waals surface area contributed by atoms with Gasteiger partial charge in [0.05, 0.1) is 11.6 Å². The Kier molecular flexibility index (Phi) is 1.56. The zero-order valence-corrected chi connectivity index (χ0v) is 6.20. The van der Waals surface area contributed by atoms with Crippen molar-refractivity contribution in [2.45, 2.75) is 12.5 Å². The van der Waals surface area contributed by atoms with Crippen LogP contribution < -0.4 is 0 Å². The first-order valence-electron chi connectivity index (χ1n) is 3.61. The first kappa shape index (κ1) is 7.26. The molecular formula is C9H6FNO. The largest absolute Gasteiger partial charge is 0.332 e. The lowest BCUT2D eigenvalue weighted by molar-refractivity contribution is 0.265. The maximum atomic E-state index is 12.4. The number of hydrogen-bond donors (Lipinski definition) is 0. The minimum absolute atomic E-state index is 0.405. The van der Waals surface area contributed by atoms with Crippen molar-refractivity contribution in [3.63, 3.8) is 0 Å². The van der Waals surface area contributed by atoms with Crippen LogP contribution in [0.5, 0.6) is 0 Å². The SMILES string of the molecule is N#Cc1ccc(C2OC2F)cc1. The van der Waals surface area contributed by atoms with Gasteiger partial charge in [-0.1, -0.05) is 12.1 Å². The normalized spacial score (nSPS) is 26.3. The van der Waals surface area contributed by atoms with Crippen molar-refractivity contribution in [2.75, 3.05) is 0 Å². The second-order valence-corrected chi connectivity index (χ2v) is 2.64. The topological polar surface area (TPSA) is 36.3 Å². The molecule has 0 amide bonds. The lowest BCUT2D eigenvalue weighted by Gasteiger charge is -1.92. The van der Waals surface area contributed by atoms with Gasteiger partial charge in [-0.15, -0.1) is 0 Å². The molecule has 2 nitrogen and oxygen atoms in total. The predicted molar refractivity (Wildman–Crippen MR) is 39.9 cm³/mol. The number of ether oxygens (including phenoxy) is 1. The van der Waals surface area contributed by atoms with Crippen LogP contribution in [0.25, 0.3) is 0 Å². The van der Waals surface area contributed by atoms with E-state index in [2.05, 4.69) is 4.74 Å². The fraction of sp³-hybridized carbons (Fsp3) is 0.222. The van der Waals surface area contributed by atoms with E-state index >= 15 is 0 Å². The van der Waals surface area contributed by atoms with E-state index in [1.807, 2.05) is 6.07 Å². The third-order valence-electron chi connectivity index (χ3n) is 1.81. The number of epoxide rings is 1. The highest BCUT2D eigenvalue weighted by Crippen LogP contribution is 2.39. The number of hydrogen-bond acceptors (Lipinski definition) is 2. The molecule has 3 heteroatoms. The molecule has 1 fully saturated rings. The second-order valence-electron chi connectivity index (χ2n) is 2.64. The number of benzene rings is 1. The Morgan fingerprint density at radius 1 is 1.33 bits per heavy atom. The zero-order chi connectivity index (χ0) is 8.55. The van der Waals surface area contributed by atoms with Crippen molar-refractivity contribution in [1.82, 2.24) is 0 Å². The van der Waals surface area contributed by atoms with Crippen molar-refractivity contribution < 1.29 is 9.13 Å². The molecule has 1 aliphatic heterocycles. The van der Waals surface area contributed by atoms with Crippen LogP contribution in [0.1, 0.15) is 17.2 Å². The summed E-state index contributed by atoms with van der Waals surface area (Å²) in [6.07, 6.45) is -1.56. The maximum absolute atomic E-state index is 12.4. The first-order valence-corrected chi connectivity index (χ1v) is 3.61. The van der Waals surface area contributed by atoms with Gasteiger partial charge in [0.25, 0.3) is 0 Å². The van der Waals surface area contributed by atoms with Crippen LogP contribution in [0.3, 0.4) is 0 Å². The first-order chi connectivity index (χ1) is 5.81. The van der Waals surface area contributed by atoms with Crippen molar-refractivity contribution in [3.8, 4) is 6.07 Å². The third kappa shape index (κ3) is 1.17. The van der Waals surface area contributed by atoms with Crippen LogP contribution in [0.2, 0.25) is 0 Å². The Morgan fingerprint density at radius 2 is 1.92 bits per heavy atom. The van der Waals surface area contributed by atoms with Gasteiger partial charge in [-0.05, 0) is 17.7 Å². The fourth-order valence-corrected chi connectivity index (χ4v) is 1.07. The monoisotopic (exact) mass is 163 g/mol. The molecule has 12 heavy (non-hydrogen) atoms. The molecular weight excluding hydrogens is 157 g/mol. The average Bonchev–Trinajstić information content (AvgIpc) is 2.83. The Labute approximate surface area is 69.2 Å². The quantitative estimate of drug-likeness (QED) is 0.593. The Balaban J connectivity index is 2.21. The van der Waals surface area contributed by atoms with E-state index in [1.165, 1.54) is 0 Å². The van der Waals surface area contributed by atoms with Crippen LogP contribution in [0.15, 0.2) is 24.3 Å². The lowest BCUT2D eigenvalue weighted by Crippen LogP contribution is -1.82. The Hall–Kier alpha value is -1.40. The Morgan fingerprint density at radius 3 is 2.33 bits per heavy atom. The van der Waals surface area contributed by atoms with E-state index in [-0.39, 0.29) is 0 Å². The number of alkyl halides is 1. The number of nitrogens with zero attached hydrogens (tertiary/aromatic N) is 1. The van der Waals surface area contributed by atoms with Crippen molar-refractivity contribution in [1.29, 1.82) is 5.26 Å². The smallest absolute Gasteiger partial charge is 0.230 e. The van der Waals surface area contributed by atoms with Gasteiger partial charge in [0.15, 0.2) is 0 Å². The van der Waals surface area contributed by atoms with Crippen LogP contribution in [0.4, 0.5) is 4.39 Å². The van der Waals surface area contributed by atoms with Gasteiger partial charge >= 0.3 is 0 Å². The summed E-state index contributed by atoms with van der Waals surface area (Å²) < 4.78 is 17.0. The summed E-state index contributed by atoms with van der Waals surface area (Å²) in [6.45, 7) is 0. The molecule has 1 heterocycles. The second kappa shape index (κ2) is 2.58. The molecule has 1 aromatic carbocycles. The molecule has 1 saturated heterocycles. The van der Waals surface area contributed by atoms with E-state index in [1.54, 1.807) is 24.3 Å². The van der Waals surface area contributed by atoms with Crippen LogP contribution in [0, 0.1) is 11.3 Å². The van der Waals surface area contributed by atoms with Crippen LogP contribution in [-0.2, 0) is 4.74 Å². The molecule has 0 aromatic heterocycles. The molecule has 0 radical (unpaired) electrons. The summed E-state index contributed by atoms with van der Waals surface area (Å²) in [5.74, 6) is 0. The highest BCUT2D eigenvalue weighted by molar-refractivity contribution is 5.33. The van der Waals surface area contributed by atoms with Gasteiger partial charge < -0.3 is 4.74 Å². The van der Waals surface area contributed by atoms with Gasteiger partial charge in [0, 0.05) is 0 Å². The van der Waals surface area contributed by atoms with E-state index in [9.17, 15) is 4.39 Å². The van der Waals surface area contributed by atoms with Gasteiger partial charge in [-0.3, -0.25) is 0 Å². The summed E-state index contributed by atoms with van der Waals surface area (Å²) >= 11 is 0. The van der Waals surface area contributed by atoms with Crippen LogP contribution in [-0.4, -0.2) is 6.36 Å². The molecule has 2 rings (SSSR count). The highest BCUT2D eigenvalue weighted by Gasteiger charge is 2.40. The van der Waals surface area contributed by atoms with Gasteiger partial charge in [0.2, 0.25) is 6.36 Å². The average molecular weight is 163 g/mol. The molecule has 1 aliphatic rings. The summed E-state index contributed by atoms with van der Waals surface area (Å²) in [5, 5.41) is 8.48. The van der Waals surface area contributed by atoms with Crippen molar-refractivity contribution in [2.24, 2.45) is 0 Å². The molecule has 0 aliphatic carbocycles. The van der Waals surface area contributed by atoms with Gasteiger partial charge in [0.1, 0.15) is 6.10 Å².